The van der Waals surface area contributed by atoms with Crippen molar-refractivity contribution in [2.75, 3.05) is 0 Å². The Balaban J connectivity index is 2.26. The number of cyclic esters (lactones) is 1. The third-order valence-corrected chi connectivity index (χ3v) is 2.52. The molecule has 1 amide bonds. The average Bonchev–Trinajstić information content (AvgIpc) is 2.47. The second-order valence-electron chi connectivity index (χ2n) is 3.43. The van der Waals surface area contributed by atoms with Gasteiger partial charge in [-0.15, -0.1) is 0 Å². The van der Waals surface area contributed by atoms with E-state index in [-0.39, 0.29) is 18.2 Å². The van der Waals surface area contributed by atoms with Crippen LogP contribution in [0.1, 0.15) is 18.6 Å². The molecule has 0 unspecified atom stereocenters. The highest BCUT2D eigenvalue weighted by atomic mass is 16.6. The molecule has 0 spiro atoms. The Bertz CT molecular complexity index is 336. The molecule has 3 heteroatoms. The van der Waals surface area contributed by atoms with Crippen LogP contribution in [0.25, 0.3) is 0 Å². The van der Waals surface area contributed by atoms with Crippen LogP contribution in [0.5, 0.6) is 0 Å². The number of carbonyl (C=O) groups excluding carboxylic acids is 1. The van der Waals surface area contributed by atoms with Gasteiger partial charge >= 0.3 is 6.09 Å². The molecule has 1 radical (unpaired) electrons. The SMILES string of the molecule is [CH2]N1C(=O)O[C@@H](c2ccccc2)[C@H]1C. The van der Waals surface area contributed by atoms with E-state index in [4.69, 9.17) is 4.74 Å². The van der Waals surface area contributed by atoms with Crippen molar-refractivity contribution in [3.63, 3.8) is 0 Å². The molecular formula is C11H12NO2. The Morgan fingerprint density at radius 2 is 2.00 bits per heavy atom. The van der Waals surface area contributed by atoms with Crippen molar-refractivity contribution in [1.29, 1.82) is 0 Å². The molecule has 2 rings (SSSR count). The van der Waals surface area contributed by atoms with Crippen LogP contribution in [0.2, 0.25) is 0 Å². The molecule has 1 heterocycles. The van der Waals surface area contributed by atoms with Crippen LogP contribution in [0.3, 0.4) is 0 Å². The summed E-state index contributed by atoms with van der Waals surface area (Å²) in [5.41, 5.74) is 1.01. The summed E-state index contributed by atoms with van der Waals surface area (Å²) in [6.07, 6.45) is -0.549. The predicted octanol–water partition coefficient (Wildman–Crippen LogP) is 2.36. The summed E-state index contributed by atoms with van der Waals surface area (Å²) in [5, 5.41) is 0. The van der Waals surface area contributed by atoms with Crippen molar-refractivity contribution >= 4 is 6.09 Å². The van der Waals surface area contributed by atoms with Crippen LogP contribution >= 0.6 is 0 Å². The maximum Gasteiger partial charge on any atom is 0.410 e. The summed E-state index contributed by atoms with van der Waals surface area (Å²) >= 11 is 0. The Kier molecular flexibility index (Phi) is 2.15. The molecule has 1 aromatic carbocycles. The second-order valence-corrected chi connectivity index (χ2v) is 3.43. The first kappa shape index (κ1) is 9.06. The van der Waals surface area contributed by atoms with Gasteiger partial charge in [-0.2, -0.15) is 0 Å². The van der Waals surface area contributed by atoms with E-state index in [1.54, 1.807) is 0 Å². The molecule has 1 aliphatic rings. The number of hydrogen-bond acceptors (Lipinski definition) is 2. The maximum absolute atomic E-state index is 11.2. The molecule has 73 valence electrons. The quantitative estimate of drug-likeness (QED) is 0.680. The number of carbonyl (C=O) groups is 1. The summed E-state index contributed by atoms with van der Waals surface area (Å²) in [6.45, 7) is 1.93. The highest BCUT2D eigenvalue weighted by Crippen LogP contribution is 2.31. The zero-order chi connectivity index (χ0) is 10.1. The first-order valence-electron chi connectivity index (χ1n) is 4.55. The molecule has 0 aliphatic carbocycles. The highest BCUT2D eigenvalue weighted by Gasteiger charge is 2.36. The first-order chi connectivity index (χ1) is 6.70. The van der Waals surface area contributed by atoms with Gasteiger partial charge in [-0.25, -0.2) is 4.79 Å². The van der Waals surface area contributed by atoms with Crippen molar-refractivity contribution in [2.45, 2.75) is 19.1 Å². The van der Waals surface area contributed by atoms with Crippen LogP contribution in [0.4, 0.5) is 4.79 Å². The summed E-state index contributed by atoms with van der Waals surface area (Å²) < 4.78 is 5.20. The third kappa shape index (κ3) is 1.35. The minimum absolute atomic E-state index is 0.00935. The predicted molar refractivity (Wildman–Crippen MR) is 52.3 cm³/mol. The van der Waals surface area contributed by atoms with E-state index >= 15 is 0 Å². The lowest BCUT2D eigenvalue weighted by Gasteiger charge is -2.16. The summed E-state index contributed by atoms with van der Waals surface area (Å²) in [6, 6.07) is 9.70. The van der Waals surface area contributed by atoms with Crippen LogP contribution in [-0.4, -0.2) is 17.0 Å². The van der Waals surface area contributed by atoms with Crippen LogP contribution in [-0.2, 0) is 4.74 Å². The fraction of sp³-hybridized carbons (Fsp3) is 0.273. The smallest absolute Gasteiger partial charge is 0.410 e. The molecule has 14 heavy (non-hydrogen) atoms. The number of nitrogens with zero attached hydrogens (tertiary/aromatic N) is 1. The van der Waals surface area contributed by atoms with E-state index in [1.165, 1.54) is 4.90 Å². The molecule has 0 N–H and O–H groups in total. The maximum atomic E-state index is 11.2. The number of amides is 1. The lowest BCUT2D eigenvalue weighted by atomic mass is 10.0. The van der Waals surface area contributed by atoms with Gasteiger partial charge in [0, 0.05) is 7.05 Å². The van der Waals surface area contributed by atoms with Crippen LogP contribution in [0, 0.1) is 7.05 Å². The number of hydrogen-bond donors (Lipinski definition) is 0. The number of benzene rings is 1. The lowest BCUT2D eigenvalue weighted by Crippen LogP contribution is -2.25. The monoisotopic (exact) mass is 190 g/mol. The number of rotatable bonds is 1. The van der Waals surface area contributed by atoms with Gasteiger partial charge in [0.15, 0.2) is 0 Å². The molecule has 0 saturated carbocycles. The molecule has 0 bridgehead atoms. The fourth-order valence-corrected chi connectivity index (χ4v) is 1.59. The molecule has 1 fully saturated rings. The zero-order valence-electron chi connectivity index (χ0n) is 8.01. The van der Waals surface area contributed by atoms with Crippen molar-refractivity contribution in [3.05, 3.63) is 42.9 Å². The Labute approximate surface area is 83.3 Å². The normalized spacial score (nSPS) is 26.4. The summed E-state index contributed by atoms with van der Waals surface area (Å²) in [5.74, 6) is 0. The van der Waals surface area contributed by atoms with Gasteiger partial charge in [-0.1, -0.05) is 30.3 Å². The van der Waals surface area contributed by atoms with Crippen molar-refractivity contribution in [3.8, 4) is 0 Å². The van der Waals surface area contributed by atoms with Crippen molar-refractivity contribution in [1.82, 2.24) is 4.90 Å². The van der Waals surface area contributed by atoms with E-state index in [0.29, 0.717) is 0 Å². The standard InChI is InChI=1S/C11H12NO2/c1-8-10(14-11(13)12(8)2)9-6-4-3-5-7-9/h3-8,10H,2H2,1H3/t8-,10-/m1/s1. The summed E-state index contributed by atoms with van der Waals surface area (Å²) in [4.78, 5) is 12.6. The van der Waals surface area contributed by atoms with Gasteiger partial charge in [0.05, 0.1) is 6.04 Å². The van der Waals surface area contributed by atoms with E-state index in [0.717, 1.165) is 5.56 Å². The zero-order valence-corrected chi connectivity index (χ0v) is 8.01. The molecule has 1 aliphatic heterocycles. The number of ether oxygens (including phenoxy) is 1. The second kappa shape index (κ2) is 3.33. The van der Waals surface area contributed by atoms with Crippen molar-refractivity contribution < 1.29 is 9.53 Å². The minimum atomic E-state index is -0.355. The van der Waals surface area contributed by atoms with Gasteiger partial charge in [-0.05, 0) is 12.5 Å². The van der Waals surface area contributed by atoms with Crippen LogP contribution in [0.15, 0.2) is 30.3 Å². The molecule has 2 atom stereocenters. The molecule has 3 nitrogen and oxygen atoms in total. The topological polar surface area (TPSA) is 29.5 Å². The summed E-state index contributed by atoms with van der Waals surface area (Å²) in [7, 11) is 3.63. The largest absolute Gasteiger partial charge is 0.439 e. The van der Waals surface area contributed by atoms with E-state index in [2.05, 4.69) is 7.05 Å². The van der Waals surface area contributed by atoms with Crippen LogP contribution < -0.4 is 0 Å². The van der Waals surface area contributed by atoms with Gasteiger partial charge in [-0.3, -0.25) is 4.90 Å². The van der Waals surface area contributed by atoms with Gasteiger partial charge in [0.2, 0.25) is 0 Å². The van der Waals surface area contributed by atoms with E-state index < -0.39 is 0 Å². The molecular weight excluding hydrogens is 178 g/mol. The van der Waals surface area contributed by atoms with Gasteiger partial charge in [0.1, 0.15) is 6.10 Å². The Morgan fingerprint density at radius 1 is 1.36 bits per heavy atom. The third-order valence-electron chi connectivity index (χ3n) is 2.52. The molecule has 1 aromatic rings. The minimum Gasteiger partial charge on any atom is -0.439 e. The van der Waals surface area contributed by atoms with E-state index in [9.17, 15) is 4.79 Å². The molecule has 1 saturated heterocycles. The Morgan fingerprint density at radius 3 is 2.50 bits per heavy atom. The van der Waals surface area contributed by atoms with Gasteiger partial charge < -0.3 is 4.74 Å². The highest BCUT2D eigenvalue weighted by molar-refractivity contribution is 5.71. The van der Waals surface area contributed by atoms with Gasteiger partial charge in [0.25, 0.3) is 0 Å². The Hall–Kier alpha value is -1.51. The first-order valence-corrected chi connectivity index (χ1v) is 4.55. The lowest BCUT2D eigenvalue weighted by molar-refractivity contribution is 0.132. The average molecular weight is 190 g/mol. The fourth-order valence-electron chi connectivity index (χ4n) is 1.59. The molecule has 0 aromatic heterocycles. The van der Waals surface area contributed by atoms with E-state index in [1.807, 2.05) is 37.3 Å². The van der Waals surface area contributed by atoms with Crippen molar-refractivity contribution in [2.24, 2.45) is 0 Å².